The van der Waals surface area contributed by atoms with Crippen LogP contribution in [-0.4, -0.2) is 0 Å². The van der Waals surface area contributed by atoms with E-state index in [2.05, 4.69) is 11.4 Å². The van der Waals surface area contributed by atoms with Crippen molar-refractivity contribution in [3.63, 3.8) is 0 Å². The molecule has 17 heavy (non-hydrogen) atoms. The number of benzene rings is 2. The van der Waals surface area contributed by atoms with Gasteiger partial charge in [-0.05, 0) is 29.8 Å². The lowest BCUT2D eigenvalue weighted by molar-refractivity contribution is 0.628. The third kappa shape index (κ3) is 3.35. The lowest BCUT2D eigenvalue weighted by atomic mass is 10.2. The van der Waals surface area contributed by atoms with E-state index in [-0.39, 0.29) is 5.02 Å². The predicted octanol–water partition coefficient (Wildman–Crippen LogP) is 4.54. The van der Waals surface area contributed by atoms with Crippen LogP contribution in [-0.2, 0) is 6.54 Å². The molecule has 0 fully saturated rings. The number of rotatable bonds is 3. The first kappa shape index (κ1) is 12.2. The number of hydrogen-bond donors (Lipinski definition) is 1. The molecule has 0 aliphatic carbocycles. The fourth-order valence-electron chi connectivity index (χ4n) is 1.40. The summed E-state index contributed by atoms with van der Waals surface area (Å²) >= 11 is 11.4. The molecule has 0 saturated carbocycles. The molecule has 4 heteroatoms. The van der Waals surface area contributed by atoms with Gasteiger partial charge < -0.3 is 5.32 Å². The van der Waals surface area contributed by atoms with Crippen molar-refractivity contribution in [3.8, 4) is 0 Å². The van der Waals surface area contributed by atoms with E-state index in [1.807, 2.05) is 6.07 Å². The van der Waals surface area contributed by atoms with Crippen LogP contribution in [0.1, 0.15) is 5.56 Å². The maximum absolute atomic E-state index is 13.2. The number of halogens is 3. The van der Waals surface area contributed by atoms with Crippen LogP contribution < -0.4 is 5.32 Å². The second-order valence-electron chi connectivity index (χ2n) is 3.53. The van der Waals surface area contributed by atoms with Crippen molar-refractivity contribution in [3.05, 3.63) is 63.9 Å². The van der Waals surface area contributed by atoms with Gasteiger partial charge in [0.15, 0.2) is 0 Å². The van der Waals surface area contributed by atoms with Gasteiger partial charge in [0.05, 0.1) is 5.02 Å². The standard InChI is InChI=1S/C13H9Cl2FN/c14-10-3-1-2-9(6-10)8-17-11-4-5-12(15)13(16)7-11/h1-2,4-7,17H,8H2. The zero-order chi connectivity index (χ0) is 12.3. The highest BCUT2D eigenvalue weighted by Crippen LogP contribution is 2.19. The van der Waals surface area contributed by atoms with E-state index < -0.39 is 5.82 Å². The molecule has 0 spiro atoms. The van der Waals surface area contributed by atoms with Gasteiger partial charge in [-0.2, -0.15) is 0 Å². The van der Waals surface area contributed by atoms with Crippen LogP contribution >= 0.6 is 23.2 Å². The Balaban J connectivity index is 2.05. The highest BCUT2D eigenvalue weighted by molar-refractivity contribution is 6.31. The Bertz CT molecular complexity index is 529. The molecule has 1 radical (unpaired) electrons. The number of nitrogens with one attached hydrogen (secondary N) is 1. The Labute approximate surface area is 109 Å². The topological polar surface area (TPSA) is 12.0 Å². The van der Waals surface area contributed by atoms with Gasteiger partial charge >= 0.3 is 0 Å². The molecular weight excluding hydrogens is 260 g/mol. The van der Waals surface area contributed by atoms with E-state index in [1.54, 1.807) is 18.2 Å². The molecule has 87 valence electrons. The molecule has 2 rings (SSSR count). The van der Waals surface area contributed by atoms with Crippen LogP contribution in [0.3, 0.4) is 0 Å². The minimum Gasteiger partial charge on any atom is -0.381 e. The van der Waals surface area contributed by atoms with Crippen LogP contribution in [0.15, 0.2) is 36.4 Å². The molecule has 0 heterocycles. The van der Waals surface area contributed by atoms with Crippen LogP contribution in [0.2, 0.25) is 10.0 Å². The van der Waals surface area contributed by atoms with Crippen molar-refractivity contribution in [2.45, 2.75) is 6.54 Å². The lowest BCUT2D eigenvalue weighted by Crippen LogP contribution is -1.99. The van der Waals surface area contributed by atoms with Crippen molar-refractivity contribution in [1.29, 1.82) is 0 Å². The van der Waals surface area contributed by atoms with E-state index in [4.69, 9.17) is 23.2 Å². The number of hydrogen-bond acceptors (Lipinski definition) is 1. The Morgan fingerprint density at radius 3 is 2.71 bits per heavy atom. The lowest BCUT2D eigenvalue weighted by Gasteiger charge is -2.07. The van der Waals surface area contributed by atoms with Crippen LogP contribution in [0.4, 0.5) is 10.1 Å². The maximum Gasteiger partial charge on any atom is 0.143 e. The molecule has 0 aliphatic heterocycles. The molecule has 1 nitrogen and oxygen atoms in total. The van der Waals surface area contributed by atoms with E-state index in [9.17, 15) is 4.39 Å². The van der Waals surface area contributed by atoms with Crippen molar-refractivity contribution >= 4 is 28.9 Å². The van der Waals surface area contributed by atoms with Crippen molar-refractivity contribution in [2.24, 2.45) is 0 Å². The van der Waals surface area contributed by atoms with Gasteiger partial charge in [0.1, 0.15) is 5.82 Å². The fraction of sp³-hybridized carbons (Fsp3) is 0.0769. The zero-order valence-corrected chi connectivity index (χ0v) is 10.3. The van der Waals surface area contributed by atoms with E-state index in [0.29, 0.717) is 17.3 Å². The minimum atomic E-state index is -0.434. The van der Waals surface area contributed by atoms with E-state index in [1.165, 1.54) is 12.1 Å². The minimum absolute atomic E-state index is 0.118. The first-order chi connectivity index (χ1) is 8.15. The molecule has 2 aromatic carbocycles. The summed E-state index contributed by atoms with van der Waals surface area (Å²) in [5.41, 5.74) is 1.68. The normalized spacial score (nSPS) is 10.3. The fourth-order valence-corrected chi connectivity index (χ4v) is 1.72. The average Bonchev–Trinajstić information content (AvgIpc) is 2.31. The zero-order valence-electron chi connectivity index (χ0n) is 8.81. The summed E-state index contributed by atoms with van der Waals surface area (Å²) in [6.45, 7) is 0.565. The van der Waals surface area contributed by atoms with Gasteiger partial charge in [-0.3, -0.25) is 0 Å². The highest BCUT2D eigenvalue weighted by atomic mass is 35.5. The molecule has 0 unspecified atom stereocenters. The third-order valence-corrected chi connectivity index (χ3v) is 2.77. The monoisotopic (exact) mass is 268 g/mol. The molecule has 0 aliphatic rings. The highest BCUT2D eigenvalue weighted by Gasteiger charge is 2.01. The number of anilines is 1. The molecule has 0 bridgehead atoms. The van der Waals surface area contributed by atoms with Crippen molar-refractivity contribution < 1.29 is 4.39 Å². The molecule has 0 amide bonds. The largest absolute Gasteiger partial charge is 0.381 e. The predicted molar refractivity (Wildman–Crippen MR) is 69.0 cm³/mol. The van der Waals surface area contributed by atoms with Gasteiger partial charge in [0.25, 0.3) is 0 Å². The maximum atomic E-state index is 13.2. The summed E-state index contributed by atoms with van der Waals surface area (Å²) in [5, 5.41) is 3.77. The Morgan fingerprint density at radius 1 is 1.18 bits per heavy atom. The van der Waals surface area contributed by atoms with Crippen LogP contribution in [0.5, 0.6) is 0 Å². The van der Waals surface area contributed by atoms with Gasteiger partial charge in [-0.15, -0.1) is 0 Å². The summed E-state index contributed by atoms with van der Waals surface area (Å²) in [7, 11) is 0. The Morgan fingerprint density at radius 2 is 2.00 bits per heavy atom. The molecule has 0 aromatic heterocycles. The molecular formula is C13H9Cl2FN. The first-order valence-electron chi connectivity index (χ1n) is 5.00. The quantitative estimate of drug-likeness (QED) is 0.862. The van der Waals surface area contributed by atoms with Gasteiger partial charge in [0, 0.05) is 23.3 Å². The Hall–Kier alpha value is -1.25. The molecule has 1 N–H and O–H groups in total. The van der Waals surface area contributed by atoms with Crippen LogP contribution in [0, 0.1) is 11.9 Å². The Kier molecular flexibility index (Phi) is 3.87. The van der Waals surface area contributed by atoms with E-state index in [0.717, 1.165) is 5.56 Å². The van der Waals surface area contributed by atoms with Crippen molar-refractivity contribution in [2.75, 3.05) is 5.32 Å². The second kappa shape index (κ2) is 5.39. The second-order valence-corrected chi connectivity index (χ2v) is 4.34. The molecule has 2 aromatic rings. The van der Waals surface area contributed by atoms with Gasteiger partial charge in [0.2, 0.25) is 0 Å². The summed E-state index contributed by atoms with van der Waals surface area (Å²) in [6.07, 6.45) is 0. The van der Waals surface area contributed by atoms with Crippen LogP contribution in [0.25, 0.3) is 0 Å². The average molecular weight is 269 g/mol. The van der Waals surface area contributed by atoms with E-state index >= 15 is 0 Å². The van der Waals surface area contributed by atoms with Gasteiger partial charge in [-0.25, -0.2) is 4.39 Å². The first-order valence-corrected chi connectivity index (χ1v) is 5.76. The third-order valence-electron chi connectivity index (χ3n) is 2.25. The molecule has 0 saturated heterocycles. The summed E-state index contributed by atoms with van der Waals surface area (Å²) in [4.78, 5) is 0. The summed E-state index contributed by atoms with van der Waals surface area (Å²) in [5.74, 6) is -0.434. The summed E-state index contributed by atoms with van der Waals surface area (Å²) < 4.78 is 13.2. The summed E-state index contributed by atoms with van der Waals surface area (Å²) in [6, 6.07) is 12.9. The van der Waals surface area contributed by atoms with Gasteiger partial charge in [-0.1, -0.05) is 35.3 Å². The van der Waals surface area contributed by atoms with Crippen molar-refractivity contribution in [1.82, 2.24) is 0 Å². The molecule has 0 atom stereocenters. The SMILES string of the molecule is Fc1cc(NCc2cc[c]c(Cl)c2)ccc1Cl. The smallest absolute Gasteiger partial charge is 0.143 e.